The topological polar surface area (TPSA) is 53.1 Å². The van der Waals surface area contributed by atoms with Crippen LogP contribution >= 0.6 is 31.9 Å². The molecule has 1 aromatic carbocycles. The van der Waals surface area contributed by atoms with Gasteiger partial charge in [0.1, 0.15) is 0 Å². The van der Waals surface area contributed by atoms with Crippen LogP contribution in [-0.4, -0.2) is 16.1 Å². The van der Waals surface area contributed by atoms with Gasteiger partial charge in [0.15, 0.2) is 0 Å². The van der Waals surface area contributed by atoms with E-state index in [1.54, 1.807) is 6.20 Å². The van der Waals surface area contributed by atoms with Crippen molar-refractivity contribution in [3.05, 3.63) is 32.8 Å². The average Bonchev–Trinajstić information content (AvgIpc) is 2.46. The van der Waals surface area contributed by atoms with Crippen LogP contribution in [0.15, 0.2) is 27.3 Å². The van der Waals surface area contributed by atoms with Gasteiger partial charge in [0.2, 0.25) is 0 Å². The lowest BCUT2D eigenvalue weighted by Gasteiger charge is -1.99. The quantitative estimate of drug-likeness (QED) is 0.886. The highest BCUT2D eigenvalue weighted by atomic mass is 79.9. The molecule has 0 fully saturated rings. The van der Waals surface area contributed by atoms with Crippen LogP contribution in [0.3, 0.4) is 0 Å². The first-order chi connectivity index (χ1) is 7.08. The minimum absolute atomic E-state index is 0.0280. The summed E-state index contributed by atoms with van der Waals surface area (Å²) in [6.07, 6.45) is 1.76. The Balaban J connectivity index is 2.63. The average molecular weight is 333 g/mol. The van der Waals surface area contributed by atoms with E-state index >= 15 is 0 Å². The van der Waals surface area contributed by atoms with Gasteiger partial charge in [-0.3, -0.25) is 4.79 Å². The zero-order valence-corrected chi connectivity index (χ0v) is 10.7. The summed E-state index contributed by atoms with van der Waals surface area (Å²) in [5.41, 5.74) is 1.71. The molecule has 0 saturated heterocycles. The molecule has 0 aliphatic carbocycles. The van der Waals surface area contributed by atoms with Gasteiger partial charge >= 0.3 is 5.97 Å². The number of aromatic amines is 1. The van der Waals surface area contributed by atoms with Crippen molar-refractivity contribution < 1.29 is 9.90 Å². The van der Waals surface area contributed by atoms with E-state index in [-0.39, 0.29) is 6.42 Å². The van der Waals surface area contributed by atoms with Gasteiger partial charge in [0.25, 0.3) is 0 Å². The molecule has 0 bridgehead atoms. The molecule has 0 radical (unpaired) electrons. The van der Waals surface area contributed by atoms with E-state index in [2.05, 4.69) is 36.8 Å². The lowest BCUT2D eigenvalue weighted by molar-refractivity contribution is -0.136. The first-order valence-corrected chi connectivity index (χ1v) is 5.83. The monoisotopic (exact) mass is 331 g/mol. The number of carboxylic acids is 1. The lowest BCUT2D eigenvalue weighted by atomic mass is 10.1. The summed E-state index contributed by atoms with van der Waals surface area (Å²) in [6, 6.07) is 3.83. The second-order valence-corrected chi connectivity index (χ2v) is 4.96. The summed E-state index contributed by atoms with van der Waals surface area (Å²) in [6.45, 7) is 0. The molecule has 0 aliphatic rings. The predicted molar refractivity (Wildman–Crippen MR) is 65.0 cm³/mol. The molecule has 15 heavy (non-hydrogen) atoms. The molecule has 0 spiro atoms. The molecule has 3 nitrogen and oxygen atoms in total. The largest absolute Gasteiger partial charge is 0.481 e. The fourth-order valence-corrected chi connectivity index (χ4v) is 3.03. The van der Waals surface area contributed by atoms with Gasteiger partial charge in [-0.15, -0.1) is 0 Å². The minimum Gasteiger partial charge on any atom is -0.481 e. The van der Waals surface area contributed by atoms with Crippen molar-refractivity contribution in [1.29, 1.82) is 0 Å². The Labute approximate surface area is 103 Å². The van der Waals surface area contributed by atoms with Gasteiger partial charge in [-0.25, -0.2) is 0 Å². The smallest absolute Gasteiger partial charge is 0.307 e. The van der Waals surface area contributed by atoms with Gasteiger partial charge < -0.3 is 10.1 Å². The summed E-state index contributed by atoms with van der Waals surface area (Å²) in [5, 5.41) is 9.68. The normalized spacial score (nSPS) is 10.8. The number of carbonyl (C=O) groups is 1. The SMILES string of the molecule is O=C(O)Cc1c[nH]c2cc(Br)cc(Br)c12. The number of fused-ring (bicyclic) bond motifs is 1. The first-order valence-electron chi connectivity index (χ1n) is 4.24. The number of hydrogen-bond donors (Lipinski definition) is 2. The molecule has 0 aliphatic heterocycles. The number of aromatic nitrogens is 1. The molecule has 0 amide bonds. The van der Waals surface area contributed by atoms with E-state index in [4.69, 9.17) is 5.11 Å². The van der Waals surface area contributed by atoms with E-state index in [0.717, 1.165) is 25.4 Å². The van der Waals surface area contributed by atoms with Crippen LogP contribution in [-0.2, 0) is 11.2 Å². The molecule has 0 saturated carbocycles. The molecule has 2 aromatic rings. The Kier molecular flexibility index (Phi) is 2.84. The van der Waals surface area contributed by atoms with Crippen molar-refractivity contribution in [3.8, 4) is 0 Å². The van der Waals surface area contributed by atoms with Gasteiger partial charge in [0, 0.05) is 26.0 Å². The fourth-order valence-electron chi connectivity index (χ4n) is 1.55. The molecule has 78 valence electrons. The highest BCUT2D eigenvalue weighted by molar-refractivity contribution is 9.11. The van der Waals surface area contributed by atoms with E-state index in [9.17, 15) is 4.79 Å². The third-order valence-corrected chi connectivity index (χ3v) is 3.20. The van der Waals surface area contributed by atoms with Crippen molar-refractivity contribution in [2.75, 3.05) is 0 Å². The first kappa shape index (κ1) is 10.7. The molecule has 5 heteroatoms. The van der Waals surface area contributed by atoms with E-state index in [0.29, 0.717) is 0 Å². The Bertz CT molecular complexity index is 533. The third-order valence-electron chi connectivity index (χ3n) is 2.12. The van der Waals surface area contributed by atoms with Crippen molar-refractivity contribution in [2.24, 2.45) is 0 Å². The third kappa shape index (κ3) is 2.08. The summed E-state index contributed by atoms with van der Waals surface area (Å²) in [5.74, 6) is -0.828. The summed E-state index contributed by atoms with van der Waals surface area (Å²) < 4.78 is 1.84. The van der Waals surface area contributed by atoms with Crippen LogP contribution in [0.1, 0.15) is 5.56 Å². The summed E-state index contributed by atoms with van der Waals surface area (Å²) >= 11 is 6.80. The van der Waals surface area contributed by atoms with Crippen LogP contribution < -0.4 is 0 Å². The molecule has 0 unspecified atom stereocenters. The molecule has 1 heterocycles. The van der Waals surface area contributed by atoms with Gasteiger partial charge in [0.05, 0.1) is 6.42 Å². The second kappa shape index (κ2) is 3.98. The van der Waals surface area contributed by atoms with Crippen LogP contribution in [0.5, 0.6) is 0 Å². The second-order valence-electron chi connectivity index (χ2n) is 3.19. The van der Waals surface area contributed by atoms with Crippen LogP contribution in [0.4, 0.5) is 0 Å². The van der Waals surface area contributed by atoms with E-state index in [1.807, 2.05) is 12.1 Å². The number of halogens is 2. The maximum atomic E-state index is 10.7. The van der Waals surface area contributed by atoms with Crippen LogP contribution in [0.25, 0.3) is 10.9 Å². The fraction of sp³-hybridized carbons (Fsp3) is 0.100. The maximum Gasteiger partial charge on any atom is 0.307 e. The molecule has 2 rings (SSSR count). The van der Waals surface area contributed by atoms with Crippen molar-refractivity contribution in [2.45, 2.75) is 6.42 Å². The zero-order valence-electron chi connectivity index (χ0n) is 7.55. The lowest BCUT2D eigenvalue weighted by Crippen LogP contribution is -1.98. The molecular formula is C10H7Br2NO2. The summed E-state index contributed by atoms with van der Waals surface area (Å²) in [7, 11) is 0. The van der Waals surface area contributed by atoms with Crippen LogP contribution in [0, 0.1) is 0 Å². The van der Waals surface area contributed by atoms with Crippen molar-refractivity contribution >= 4 is 48.7 Å². The number of H-pyrrole nitrogens is 1. The summed E-state index contributed by atoms with van der Waals surface area (Å²) in [4.78, 5) is 13.7. The Hall–Kier alpha value is -0.810. The number of aliphatic carboxylic acids is 1. The number of rotatable bonds is 2. The Morgan fingerprint density at radius 1 is 1.40 bits per heavy atom. The molecule has 2 N–H and O–H groups in total. The van der Waals surface area contributed by atoms with Crippen molar-refractivity contribution in [1.82, 2.24) is 4.98 Å². The van der Waals surface area contributed by atoms with Gasteiger partial charge in [-0.2, -0.15) is 0 Å². The number of nitrogens with one attached hydrogen (secondary N) is 1. The molecule has 0 atom stereocenters. The Morgan fingerprint density at radius 2 is 2.13 bits per heavy atom. The van der Waals surface area contributed by atoms with E-state index < -0.39 is 5.97 Å². The van der Waals surface area contributed by atoms with Gasteiger partial charge in [-0.1, -0.05) is 31.9 Å². The number of benzene rings is 1. The highest BCUT2D eigenvalue weighted by Gasteiger charge is 2.10. The molecule has 1 aromatic heterocycles. The number of carboxylic acid groups (broad SMARTS) is 1. The van der Waals surface area contributed by atoms with E-state index in [1.165, 1.54) is 0 Å². The Morgan fingerprint density at radius 3 is 2.80 bits per heavy atom. The molecular weight excluding hydrogens is 326 g/mol. The number of hydrogen-bond acceptors (Lipinski definition) is 1. The van der Waals surface area contributed by atoms with Gasteiger partial charge in [-0.05, 0) is 17.7 Å². The van der Waals surface area contributed by atoms with Crippen molar-refractivity contribution in [3.63, 3.8) is 0 Å². The maximum absolute atomic E-state index is 10.7. The zero-order chi connectivity index (χ0) is 11.0. The predicted octanol–water partition coefficient (Wildman–Crippen LogP) is 3.32. The van der Waals surface area contributed by atoms with Crippen LogP contribution in [0.2, 0.25) is 0 Å². The standard InChI is InChI=1S/C10H7Br2NO2/c11-6-2-7(12)10-5(1-9(14)15)4-13-8(10)3-6/h2-4,13H,1H2,(H,14,15). The minimum atomic E-state index is -0.828. The highest BCUT2D eigenvalue weighted by Crippen LogP contribution is 2.30.